The first-order valence-electron chi connectivity index (χ1n) is 4.44. The fraction of sp³-hybridized carbons (Fsp3) is 0. The molecule has 0 radical (unpaired) electrons. The number of nitrogen functional groups attached to an aromatic ring is 1. The summed E-state index contributed by atoms with van der Waals surface area (Å²) in [6, 6.07) is 3.60. The molecule has 0 bridgehead atoms. The van der Waals surface area contributed by atoms with Crippen LogP contribution in [0.25, 0.3) is 11.1 Å². The number of aromatic nitrogens is 1. The molecule has 0 aliphatic heterocycles. The number of halogens is 3. The van der Waals surface area contributed by atoms with Gasteiger partial charge in [-0.05, 0) is 6.07 Å². The summed E-state index contributed by atoms with van der Waals surface area (Å²) in [5.41, 5.74) is 5.11. The molecule has 1 aromatic carbocycles. The Hall–Kier alpha value is -2.04. The first kappa shape index (κ1) is 10.5. The quantitative estimate of drug-likeness (QED) is 0.808. The average molecular weight is 224 g/mol. The van der Waals surface area contributed by atoms with Gasteiger partial charge in [0.2, 0.25) is 0 Å². The highest BCUT2D eigenvalue weighted by Crippen LogP contribution is 2.29. The van der Waals surface area contributed by atoms with Gasteiger partial charge in [0.15, 0.2) is 17.5 Å². The second-order valence-electron chi connectivity index (χ2n) is 3.18. The van der Waals surface area contributed by atoms with Gasteiger partial charge in [-0.2, -0.15) is 0 Å². The van der Waals surface area contributed by atoms with Crippen LogP contribution in [0.1, 0.15) is 0 Å². The van der Waals surface area contributed by atoms with Crippen molar-refractivity contribution in [3.63, 3.8) is 0 Å². The topological polar surface area (TPSA) is 38.9 Å². The molecule has 2 N–H and O–H groups in total. The SMILES string of the molecule is Nc1c(F)cncc1-c1cccc(F)c1F. The summed E-state index contributed by atoms with van der Waals surface area (Å²) >= 11 is 0. The first-order valence-corrected chi connectivity index (χ1v) is 4.44. The molecule has 0 spiro atoms. The van der Waals surface area contributed by atoms with Gasteiger partial charge in [0.05, 0.1) is 11.9 Å². The lowest BCUT2D eigenvalue weighted by atomic mass is 10.1. The predicted molar refractivity (Wildman–Crippen MR) is 54.0 cm³/mol. The van der Waals surface area contributed by atoms with Crippen molar-refractivity contribution in [2.45, 2.75) is 0 Å². The van der Waals surface area contributed by atoms with Crippen molar-refractivity contribution in [2.24, 2.45) is 0 Å². The Morgan fingerprint density at radius 1 is 0.938 bits per heavy atom. The molecule has 0 amide bonds. The molecule has 0 atom stereocenters. The van der Waals surface area contributed by atoms with Gasteiger partial charge in [0.1, 0.15) is 0 Å². The number of nitrogens with zero attached hydrogens (tertiary/aromatic N) is 1. The smallest absolute Gasteiger partial charge is 0.166 e. The zero-order valence-corrected chi connectivity index (χ0v) is 8.05. The van der Waals surface area contributed by atoms with E-state index < -0.39 is 17.5 Å². The third-order valence-corrected chi connectivity index (χ3v) is 2.18. The maximum atomic E-state index is 13.4. The van der Waals surface area contributed by atoms with E-state index in [0.717, 1.165) is 12.3 Å². The van der Waals surface area contributed by atoms with Gasteiger partial charge in [-0.15, -0.1) is 0 Å². The predicted octanol–water partition coefficient (Wildman–Crippen LogP) is 2.75. The Morgan fingerprint density at radius 3 is 2.44 bits per heavy atom. The summed E-state index contributed by atoms with van der Waals surface area (Å²) in [7, 11) is 0. The maximum absolute atomic E-state index is 13.4. The van der Waals surface area contributed by atoms with Gasteiger partial charge >= 0.3 is 0 Å². The Morgan fingerprint density at radius 2 is 1.69 bits per heavy atom. The van der Waals surface area contributed by atoms with E-state index in [4.69, 9.17) is 5.73 Å². The van der Waals surface area contributed by atoms with Gasteiger partial charge < -0.3 is 5.73 Å². The Bertz CT molecular complexity index is 491. The van der Waals surface area contributed by atoms with Crippen LogP contribution in [-0.2, 0) is 0 Å². The van der Waals surface area contributed by atoms with Gasteiger partial charge in [0, 0.05) is 17.3 Å². The van der Waals surface area contributed by atoms with Crippen molar-refractivity contribution >= 4 is 5.69 Å². The van der Waals surface area contributed by atoms with Crippen LogP contribution in [0.5, 0.6) is 0 Å². The fourth-order valence-electron chi connectivity index (χ4n) is 1.37. The van der Waals surface area contributed by atoms with Crippen LogP contribution in [0, 0.1) is 17.5 Å². The van der Waals surface area contributed by atoms with E-state index in [1.165, 1.54) is 18.3 Å². The van der Waals surface area contributed by atoms with Gasteiger partial charge in [-0.25, -0.2) is 13.2 Å². The Balaban J connectivity index is 2.68. The van der Waals surface area contributed by atoms with Crippen molar-refractivity contribution in [1.29, 1.82) is 0 Å². The minimum atomic E-state index is -1.07. The number of benzene rings is 1. The largest absolute Gasteiger partial charge is 0.396 e. The van der Waals surface area contributed by atoms with Crippen molar-refractivity contribution < 1.29 is 13.2 Å². The minimum Gasteiger partial charge on any atom is -0.396 e. The van der Waals surface area contributed by atoms with E-state index in [0.29, 0.717) is 0 Å². The standard InChI is InChI=1S/C11H7F3N2/c12-8-3-1-2-6(10(8)14)7-4-16-5-9(13)11(7)15/h1-5H,(H2,15,16). The molecule has 0 aliphatic carbocycles. The summed E-state index contributed by atoms with van der Waals surface area (Å²) in [5, 5.41) is 0. The first-order chi connectivity index (χ1) is 7.61. The monoisotopic (exact) mass is 224 g/mol. The van der Waals surface area contributed by atoms with E-state index in [2.05, 4.69) is 4.98 Å². The van der Waals surface area contributed by atoms with Crippen LogP contribution in [0.15, 0.2) is 30.6 Å². The average Bonchev–Trinajstić information content (AvgIpc) is 2.27. The third kappa shape index (κ3) is 1.60. The highest BCUT2D eigenvalue weighted by atomic mass is 19.2. The van der Waals surface area contributed by atoms with Crippen LogP contribution < -0.4 is 5.73 Å². The van der Waals surface area contributed by atoms with Crippen molar-refractivity contribution in [1.82, 2.24) is 4.98 Å². The number of anilines is 1. The van der Waals surface area contributed by atoms with E-state index in [-0.39, 0.29) is 16.8 Å². The fourth-order valence-corrected chi connectivity index (χ4v) is 1.37. The molecular formula is C11H7F3N2. The lowest BCUT2D eigenvalue weighted by Crippen LogP contribution is -1.98. The highest BCUT2D eigenvalue weighted by Gasteiger charge is 2.14. The molecule has 0 aliphatic rings. The van der Waals surface area contributed by atoms with Crippen molar-refractivity contribution in [2.75, 3.05) is 5.73 Å². The summed E-state index contributed by atoms with van der Waals surface area (Å²) in [6.45, 7) is 0. The van der Waals surface area contributed by atoms with E-state index in [1.807, 2.05) is 0 Å². The Kier molecular flexibility index (Phi) is 2.52. The van der Waals surface area contributed by atoms with Gasteiger partial charge in [-0.3, -0.25) is 4.98 Å². The second kappa shape index (κ2) is 3.84. The number of rotatable bonds is 1. The lowest BCUT2D eigenvalue weighted by Gasteiger charge is -2.07. The molecule has 0 saturated heterocycles. The molecule has 1 aromatic heterocycles. The molecule has 16 heavy (non-hydrogen) atoms. The molecule has 0 unspecified atom stereocenters. The zero-order valence-electron chi connectivity index (χ0n) is 8.05. The van der Waals surface area contributed by atoms with Crippen molar-refractivity contribution in [3.8, 4) is 11.1 Å². The summed E-state index contributed by atoms with van der Waals surface area (Å²) in [6.07, 6.45) is 2.10. The summed E-state index contributed by atoms with van der Waals surface area (Å²) in [4.78, 5) is 3.55. The van der Waals surface area contributed by atoms with Crippen molar-refractivity contribution in [3.05, 3.63) is 48.0 Å². The Labute approximate surface area is 89.5 Å². The third-order valence-electron chi connectivity index (χ3n) is 2.18. The number of hydrogen-bond donors (Lipinski definition) is 1. The number of nitrogens with two attached hydrogens (primary N) is 1. The van der Waals surface area contributed by atoms with Crippen LogP contribution >= 0.6 is 0 Å². The molecule has 5 heteroatoms. The number of pyridine rings is 1. The van der Waals surface area contributed by atoms with Crippen LogP contribution in [0.3, 0.4) is 0 Å². The summed E-state index contributed by atoms with van der Waals surface area (Å²) < 4.78 is 39.5. The highest BCUT2D eigenvalue weighted by molar-refractivity contribution is 5.75. The molecular weight excluding hydrogens is 217 g/mol. The minimum absolute atomic E-state index is 0.0389. The number of hydrogen-bond acceptors (Lipinski definition) is 2. The lowest BCUT2D eigenvalue weighted by molar-refractivity contribution is 0.511. The van der Waals surface area contributed by atoms with E-state index >= 15 is 0 Å². The molecule has 0 saturated carbocycles. The maximum Gasteiger partial charge on any atom is 0.166 e. The molecule has 82 valence electrons. The van der Waals surface area contributed by atoms with E-state index in [9.17, 15) is 13.2 Å². The van der Waals surface area contributed by atoms with Crippen LogP contribution in [0.2, 0.25) is 0 Å². The van der Waals surface area contributed by atoms with Crippen LogP contribution in [0.4, 0.5) is 18.9 Å². The molecule has 2 rings (SSSR count). The molecule has 0 fully saturated rings. The summed E-state index contributed by atoms with van der Waals surface area (Å²) in [5.74, 6) is -2.84. The van der Waals surface area contributed by atoms with Gasteiger partial charge in [0.25, 0.3) is 0 Å². The van der Waals surface area contributed by atoms with E-state index in [1.54, 1.807) is 0 Å². The van der Waals surface area contributed by atoms with Gasteiger partial charge in [-0.1, -0.05) is 12.1 Å². The molecule has 2 nitrogen and oxygen atoms in total. The second-order valence-corrected chi connectivity index (χ2v) is 3.18. The molecule has 1 heterocycles. The zero-order chi connectivity index (χ0) is 11.7. The normalized spacial score (nSPS) is 10.4. The molecule has 2 aromatic rings. The van der Waals surface area contributed by atoms with Crippen LogP contribution in [-0.4, -0.2) is 4.98 Å².